The molecule has 0 aliphatic rings. The predicted molar refractivity (Wildman–Crippen MR) is 75.7 cm³/mol. The van der Waals surface area contributed by atoms with Crippen LogP contribution in [0.25, 0.3) is 5.69 Å². The zero-order chi connectivity index (χ0) is 13.2. The minimum Gasteiger partial charge on any atom is -0.308 e. The first-order valence-corrected chi connectivity index (χ1v) is 6.63. The molecule has 0 aliphatic carbocycles. The van der Waals surface area contributed by atoms with Gasteiger partial charge in [0.05, 0.1) is 5.69 Å². The van der Waals surface area contributed by atoms with Gasteiger partial charge in [0.25, 0.3) is 0 Å². The summed E-state index contributed by atoms with van der Waals surface area (Å²) in [5.74, 6) is 0. The summed E-state index contributed by atoms with van der Waals surface area (Å²) in [6, 6.07) is 6.19. The number of hydrogen-bond donors (Lipinski definition) is 1. The summed E-state index contributed by atoms with van der Waals surface area (Å²) in [5, 5.41) is 7.58. The van der Waals surface area contributed by atoms with Crippen molar-refractivity contribution in [3.8, 4) is 5.69 Å². The number of nitrogens with zero attached hydrogens (tertiary/aromatic N) is 3. The van der Waals surface area contributed by atoms with E-state index in [-0.39, 0.29) is 5.54 Å². The van der Waals surface area contributed by atoms with E-state index < -0.39 is 0 Å². The molecule has 0 unspecified atom stereocenters. The minimum atomic E-state index is 0.115. The first kappa shape index (κ1) is 13.2. The van der Waals surface area contributed by atoms with Gasteiger partial charge in [-0.2, -0.15) is 5.10 Å². The highest BCUT2D eigenvalue weighted by Crippen LogP contribution is 2.21. The number of aromatic nitrogens is 3. The zero-order valence-electron chi connectivity index (χ0n) is 10.8. The quantitative estimate of drug-likeness (QED) is 0.948. The van der Waals surface area contributed by atoms with Crippen LogP contribution in [0.1, 0.15) is 26.3 Å². The van der Waals surface area contributed by atoms with E-state index in [1.54, 1.807) is 11.0 Å². The van der Waals surface area contributed by atoms with Crippen molar-refractivity contribution in [1.82, 2.24) is 20.1 Å². The first-order chi connectivity index (χ1) is 8.46. The maximum absolute atomic E-state index is 4.11. The van der Waals surface area contributed by atoms with Gasteiger partial charge in [-0.15, -0.1) is 0 Å². The molecule has 1 aromatic carbocycles. The normalized spacial score (nSPS) is 11.8. The SMILES string of the molecule is CC(C)(C)NCc1ccc(-n2cncn2)cc1Br. The van der Waals surface area contributed by atoms with Crippen molar-refractivity contribution in [2.24, 2.45) is 0 Å². The summed E-state index contributed by atoms with van der Waals surface area (Å²) in [6.45, 7) is 7.31. The lowest BCUT2D eigenvalue weighted by Crippen LogP contribution is -2.35. The molecule has 0 fully saturated rings. The Morgan fingerprint density at radius 3 is 2.67 bits per heavy atom. The lowest BCUT2D eigenvalue weighted by molar-refractivity contribution is 0.424. The fourth-order valence-electron chi connectivity index (χ4n) is 1.52. The number of nitrogens with one attached hydrogen (secondary N) is 1. The summed E-state index contributed by atoms with van der Waals surface area (Å²) < 4.78 is 2.82. The number of benzene rings is 1. The highest BCUT2D eigenvalue weighted by Gasteiger charge is 2.10. The summed E-state index contributed by atoms with van der Waals surface area (Å²) in [5.41, 5.74) is 2.34. The second-order valence-electron chi connectivity index (χ2n) is 5.22. The maximum Gasteiger partial charge on any atom is 0.138 e. The van der Waals surface area contributed by atoms with Gasteiger partial charge in [0.2, 0.25) is 0 Å². The van der Waals surface area contributed by atoms with Gasteiger partial charge in [-0.05, 0) is 38.5 Å². The van der Waals surface area contributed by atoms with Gasteiger partial charge in [-0.1, -0.05) is 22.0 Å². The van der Waals surface area contributed by atoms with Crippen molar-refractivity contribution in [3.05, 3.63) is 40.9 Å². The molecule has 0 amide bonds. The van der Waals surface area contributed by atoms with E-state index in [0.29, 0.717) is 0 Å². The first-order valence-electron chi connectivity index (χ1n) is 5.84. The van der Waals surface area contributed by atoms with Crippen molar-refractivity contribution in [1.29, 1.82) is 0 Å². The molecule has 0 bridgehead atoms. The van der Waals surface area contributed by atoms with E-state index >= 15 is 0 Å². The number of hydrogen-bond acceptors (Lipinski definition) is 3. The van der Waals surface area contributed by atoms with Gasteiger partial charge < -0.3 is 5.32 Å². The Bertz CT molecular complexity index is 514. The van der Waals surface area contributed by atoms with Crippen molar-refractivity contribution in [3.63, 3.8) is 0 Å². The minimum absolute atomic E-state index is 0.115. The lowest BCUT2D eigenvalue weighted by Gasteiger charge is -2.21. The highest BCUT2D eigenvalue weighted by atomic mass is 79.9. The van der Waals surface area contributed by atoms with E-state index in [1.165, 1.54) is 11.9 Å². The Kier molecular flexibility index (Phi) is 3.82. The smallest absolute Gasteiger partial charge is 0.138 e. The lowest BCUT2D eigenvalue weighted by atomic mass is 10.1. The van der Waals surface area contributed by atoms with Crippen molar-refractivity contribution in [2.45, 2.75) is 32.9 Å². The topological polar surface area (TPSA) is 42.7 Å². The molecule has 4 nitrogen and oxygen atoms in total. The van der Waals surface area contributed by atoms with Crippen LogP contribution in [0.5, 0.6) is 0 Å². The third kappa shape index (κ3) is 3.40. The van der Waals surface area contributed by atoms with E-state index in [4.69, 9.17) is 0 Å². The molecular formula is C13H17BrN4. The Balaban J connectivity index is 2.16. The Labute approximate surface area is 116 Å². The van der Waals surface area contributed by atoms with Crippen molar-refractivity contribution in [2.75, 3.05) is 0 Å². The molecule has 0 radical (unpaired) electrons. The van der Waals surface area contributed by atoms with Crippen LogP contribution in [0.2, 0.25) is 0 Å². The molecule has 0 spiro atoms. The average molecular weight is 309 g/mol. The molecule has 0 saturated carbocycles. The molecule has 1 aromatic heterocycles. The maximum atomic E-state index is 4.11. The number of rotatable bonds is 3. The fraction of sp³-hybridized carbons (Fsp3) is 0.385. The Morgan fingerprint density at radius 1 is 1.33 bits per heavy atom. The summed E-state index contributed by atoms with van der Waals surface area (Å²) in [6.07, 6.45) is 3.22. The fourth-order valence-corrected chi connectivity index (χ4v) is 2.03. The van der Waals surface area contributed by atoms with Crippen molar-refractivity contribution >= 4 is 15.9 Å². The van der Waals surface area contributed by atoms with E-state index in [1.807, 2.05) is 12.1 Å². The van der Waals surface area contributed by atoms with Crippen LogP contribution in [-0.4, -0.2) is 20.3 Å². The number of halogens is 1. The summed E-state index contributed by atoms with van der Waals surface area (Å²) in [4.78, 5) is 3.94. The molecule has 2 rings (SSSR count). The molecule has 1 N–H and O–H groups in total. The van der Waals surface area contributed by atoms with E-state index in [0.717, 1.165) is 16.7 Å². The summed E-state index contributed by atoms with van der Waals surface area (Å²) >= 11 is 3.60. The van der Waals surface area contributed by atoms with Crippen LogP contribution in [0.4, 0.5) is 0 Å². The van der Waals surface area contributed by atoms with E-state index in [2.05, 4.69) is 58.2 Å². The molecule has 2 aromatic rings. The van der Waals surface area contributed by atoms with Gasteiger partial charge >= 0.3 is 0 Å². The monoisotopic (exact) mass is 308 g/mol. The Morgan fingerprint density at radius 2 is 2.11 bits per heavy atom. The largest absolute Gasteiger partial charge is 0.308 e. The molecule has 0 saturated heterocycles. The second-order valence-corrected chi connectivity index (χ2v) is 6.07. The van der Waals surface area contributed by atoms with Gasteiger partial charge in [0.15, 0.2) is 0 Å². The molecule has 0 aliphatic heterocycles. The molecular weight excluding hydrogens is 292 g/mol. The van der Waals surface area contributed by atoms with Crippen LogP contribution >= 0.6 is 15.9 Å². The van der Waals surface area contributed by atoms with Crippen LogP contribution in [-0.2, 0) is 6.54 Å². The van der Waals surface area contributed by atoms with E-state index in [9.17, 15) is 0 Å². The molecule has 5 heteroatoms. The third-order valence-corrected chi connectivity index (χ3v) is 3.27. The van der Waals surface area contributed by atoms with Crippen LogP contribution in [0.3, 0.4) is 0 Å². The van der Waals surface area contributed by atoms with Crippen molar-refractivity contribution < 1.29 is 0 Å². The summed E-state index contributed by atoms with van der Waals surface area (Å²) in [7, 11) is 0. The second kappa shape index (κ2) is 5.20. The van der Waals surface area contributed by atoms with Crippen LogP contribution < -0.4 is 5.32 Å². The third-order valence-electron chi connectivity index (χ3n) is 2.53. The van der Waals surface area contributed by atoms with Crippen LogP contribution in [0.15, 0.2) is 35.3 Å². The molecule has 96 valence electrons. The zero-order valence-corrected chi connectivity index (χ0v) is 12.4. The van der Waals surface area contributed by atoms with Crippen LogP contribution in [0, 0.1) is 0 Å². The van der Waals surface area contributed by atoms with Gasteiger partial charge in [0, 0.05) is 16.6 Å². The Hall–Kier alpha value is -1.20. The predicted octanol–water partition coefficient (Wildman–Crippen LogP) is 2.92. The average Bonchev–Trinajstić information content (AvgIpc) is 2.79. The molecule has 1 heterocycles. The molecule has 0 atom stereocenters. The van der Waals surface area contributed by atoms with Gasteiger partial charge in [-0.25, -0.2) is 9.67 Å². The molecule has 18 heavy (non-hydrogen) atoms. The standard InChI is InChI=1S/C13H17BrN4/c1-13(2,3)16-7-10-4-5-11(6-12(10)14)18-9-15-8-17-18/h4-6,8-9,16H,7H2,1-3H3. The van der Waals surface area contributed by atoms with Gasteiger partial charge in [0.1, 0.15) is 12.7 Å². The van der Waals surface area contributed by atoms with Gasteiger partial charge in [-0.3, -0.25) is 0 Å². The highest BCUT2D eigenvalue weighted by molar-refractivity contribution is 9.10.